The molecule has 0 spiro atoms. The van der Waals surface area contributed by atoms with Gasteiger partial charge in [0.2, 0.25) is 5.91 Å². The minimum atomic E-state index is -0.551. The average Bonchev–Trinajstić information content (AvgIpc) is 2.61. The van der Waals surface area contributed by atoms with Crippen LogP contribution in [0.1, 0.15) is 29.6 Å². The zero-order chi connectivity index (χ0) is 16.8. The number of rotatable bonds is 5. The summed E-state index contributed by atoms with van der Waals surface area (Å²) in [6, 6.07) is 3.07. The quantitative estimate of drug-likeness (QED) is 0.667. The zero-order valence-electron chi connectivity index (χ0n) is 13.5. The normalized spacial score (nSPS) is 16.6. The summed E-state index contributed by atoms with van der Waals surface area (Å²) in [7, 11) is 4.26. The van der Waals surface area contributed by atoms with Gasteiger partial charge in [-0.05, 0) is 19.3 Å². The number of esters is 1. The van der Waals surface area contributed by atoms with Crippen LogP contribution >= 0.6 is 0 Å². The summed E-state index contributed by atoms with van der Waals surface area (Å²) in [6.07, 6.45) is 6.45. The van der Waals surface area contributed by atoms with Crippen molar-refractivity contribution < 1.29 is 23.8 Å². The molecule has 0 saturated carbocycles. The molecule has 0 radical (unpaired) electrons. The Morgan fingerprint density at radius 1 is 1.09 bits per heavy atom. The van der Waals surface area contributed by atoms with Crippen molar-refractivity contribution in [3.63, 3.8) is 0 Å². The van der Waals surface area contributed by atoms with E-state index in [2.05, 4.69) is 11.4 Å². The fourth-order valence-corrected chi connectivity index (χ4v) is 2.53. The summed E-state index contributed by atoms with van der Waals surface area (Å²) in [5.41, 5.74) is 0.582. The van der Waals surface area contributed by atoms with Crippen molar-refractivity contribution in [2.24, 2.45) is 5.92 Å². The first-order valence-corrected chi connectivity index (χ1v) is 7.41. The Morgan fingerprint density at radius 2 is 1.78 bits per heavy atom. The minimum absolute atomic E-state index is 0.0985. The molecule has 0 bridgehead atoms. The third-order valence-corrected chi connectivity index (χ3v) is 3.83. The molecule has 1 aliphatic rings. The Labute approximate surface area is 135 Å². The van der Waals surface area contributed by atoms with E-state index in [9.17, 15) is 9.59 Å². The van der Waals surface area contributed by atoms with Gasteiger partial charge in [-0.3, -0.25) is 4.79 Å². The van der Waals surface area contributed by atoms with E-state index in [-0.39, 0.29) is 17.4 Å². The van der Waals surface area contributed by atoms with E-state index in [0.29, 0.717) is 23.6 Å². The molecule has 0 fully saturated rings. The van der Waals surface area contributed by atoms with Gasteiger partial charge in [-0.1, -0.05) is 12.2 Å². The lowest BCUT2D eigenvalue weighted by molar-refractivity contribution is -0.120. The van der Waals surface area contributed by atoms with Gasteiger partial charge in [-0.15, -0.1) is 0 Å². The van der Waals surface area contributed by atoms with E-state index >= 15 is 0 Å². The standard InChI is InChI=1S/C17H21NO5/c1-21-14-9-12(17(20)23-3)13(10-15(14)22-2)18-16(19)11-7-5-4-6-8-11/h4-5,9-11H,6-8H2,1-3H3,(H,18,19). The van der Waals surface area contributed by atoms with Gasteiger partial charge in [0.25, 0.3) is 0 Å². The highest BCUT2D eigenvalue weighted by molar-refractivity contribution is 6.02. The maximum Gasteiger partial charge on any atom is 0.340 e. The van der Waals surface area contributed by atoms with Crippen LogP contribution in [-0.4, -0.2) is 33.2 Å². The van der Waals surface area contributed by atoms with Gasteiger partial charge < -0.3 is 19.5 Å². The van der Waals surface area contributed by atoms with Crippen LogP contribution < -0.4 is 14.8 Å². The number of carbonyl (C=O) groups is 2. The Balaban J connectivity index is 2.32. The van der Waals surface area contributed by atoms with Gasteiger partial charge in [0.05, 0.1) is 32.6 Å². The molecule has 6 nitrogen and oxygen atoms in total. The Kier molecular flexibility index (Phi) is 5.62. The summed E-state index contributed by atoms with van der Waals surface area (Å²) >= 11 is 0. The molecule has 124 valence electrons. The maximum atomic E-state index is 12.4. The number of methoxy groups -OCH3 is 3. The van der Waals surface area contributed by atoms with E-state index in [1.54, 1.807) is 6.07 Å². The van der Waals surface area contributed by atoms with Gasteiger partial charge in [0, 0.05) is 18.1 Å². The van der Waals surface area contributed by atoms with Crippen molar-refractivity contribution in [1.29, 1.82) is 0 Å². The molecule has 0 aromatic heterocycles. The van der Waals surface area contributed by atoms with E-state index < -0.39 is 5.97 Å². The van der Waals surface area contributed by atoms with Crippen molar-refractivity contribution in [1.82, 2.24) is 0 Å². The summed E-state index contributed by atoms with van der Waals surface area (Å²) in [5, 5.41) is 2.81. The maximum absolute atomic E-state index is 12.4. The molecule has 1 aliphatic carbocycles. The number of amides is 1. The van der Waals surface area contributed by atoms with Crippen molar-refractivity contribution in [2.75, 3.05) is 26.6 Å². The number of ether oxygens (including phenoxy) is 3. The number of carbonyl (C=O) groups excluding carboxylic acids is 2. The van der Waals surface area contributed by atoms with Gasteiger partial charge in [0.1, 0.15) is 0 Å². The number of allylic oxidation sites excluding steroid dienone is 2. The second kappa shape index (κ2) is 7.67. The molecular formula is C17H21NO5. The van der Waals surface area contributed by atoms with E-state index in [0.717, 1.165) is 12.8 Å². The molecular weight excluding hydrogens is 298 g/mol. The van der Waals surface area contributed by atoms with Crippen LogP contribution in [0.15, 0.2) is 24.3 Å². The Bertz CT molecular complexity index is 624. The Morgan fingerprint density at radius 3 is 2.35 bits per heavy atom. The first-order chi connectivity index (χ1) is 11.1. The molecule has 0 saturated heterocycles. The predicted octanol–water partition coefficient (Wildman–Crippen LogP) is 2.79. The number of benzene rings is 1. The van der Waals surface area contributed by atoms with Crippen molar-refractivity contribution >= 4 is 17.6 Å². The summed E-state index contributed by atoms with van der Waals surface area (Å²) < 4.78 is 15.2. The lowest BCUT2D eigenvalue weighted by Gasteiger charge is -2.19. The fraction of sp³-hybridized carbons (Fsp3) is 0.412. The SMILES string of the molecule is COC(=O)c1cc(OC)c(OC)cc1NC(=O)C1CC=CCC1. The van der Waals surface area contributed by atoms with Crippen LogP contribution in [0.25, 0.3) is 0 Å². The van der Waals surface area contributed by atoms with Gasteiger partial charge >= 0.3 is 5.97 Å². The number of hydrogen-bond acceptors (Lipinski definition) is 5. The highest BCUT2D eigenvalue weighted by atomic mass is 16.5. The molecule has 1 aromatic rings. The van der Waals surface area contributed by atoms with Gasteiger partial charge in [-0.25, -0.2) is 4.79 Å². The van der Waals surface area contributed by atoms with Crippen molar-refractivity contribution in [2.45, 2.75) is 19.3 Å². The topological polar surface area (TPSA) is 73.9 Å². The highest BCUT2D eigenvalue weighted by Gasteiger charge is 2.23. The molecule has 1 unspecified atom stereocenters. The largest absolute Gasteiger partial charge is 0.493 e. The van der Waals surface area contributed by atoms with Crippen LogP contribution in [0.2, 0.25) is 0 Å². The molecule has 2 rings (SSSR count). The second-order valence-electron chi connectivity index (χ2n) is 5.21. The van der Waals surface area contributed by atoms with Crippen LogP contribution in [0.5, 0.6) is 11.5 Å². The lowest BCUT2D eigenvalue weighted by Crippen LogP contribution is -2.24. The molecule has 1 aromatic carbocycles. The Hall–Kier alpha value is -2.50. The van der Waals surface area contributed by atoms with Gasteiger partial charge in [-0.2, -0.15) is 0 Å². The van der Waals surface area contributed by atoms with Crippen LogP contribution in [-0.2, 0) is 9.53 Å². The summed E-state index contributed by atoms with van der Waals surface area (Å²) in [5.74, 6) is 0.0561. The molecule has 6 heteroatoms. The third-order valence-electron chi connectivity index (χ3n) is 3.83. The molecule has 1 amide bonds. The molecule has 1 atom stereocenters. The molecule has 0 heterocycles. The van der Waals surface area contributed by atoms with Crippen LogP contribution in [0.3, 0.4) is 0 Å². The summed E-state index contributed by atoms with van der Waals surface area (Å²) in [6.45, 7) is 0. The summed E-state index contributed by atoms with van der Waals surface area (Å²) in [4.78, 5) is 24.4. The molecule has 0 aliphatic heterocycles. The van der Waals surface area contributed by atoms with Gasteiger partial charge in [0.15, 0.2) is 11.5 Å². The van der Waals surface area contributed by atoms with E-state index in [4.69, 9.17) is 14.2 Å². The van der Waals surface area contributed by atoms with Crippen molar-refractivity contribution in [3.8, 4) is 11.5 Å². The number of nitrogens with one attached hydrogen (secondary N) is 1. The van der Waals surface area contributed by atoms with Crippen molar-refractivity contribution in [3.05, 3.63) is 29.8 Å². The highest BCUT2D eigenvalue weighted by Crippen LogP contribution is 2.34. The second-order valence-corrected chi connectivity index (χ2v) is 5.21. The number of hydrogen-bond donors (Lipinski definition) is 1. The first kappa shape index (κ1) is 16.9. The zero-order valence-corrected chi connectivity index (χ0v) is 13.5. The average molecular weight is 319 g/mol. The monoisotopic (exact) mass is 319 g/mol. The van der Waals surface area contributed by atoms with E-state index in [1.165, 1.54) is 27.4 Å². The van der Waals surface area contributed by atoms with Crippen LogP contribution in [0, 0.1) is 5.92 Å². The van der Waals surface area contributed by atoms with E-state index in [1.807, 2.05) is 6.08 Å². The van der Waals surface area contributed by atoms with Crippen LogP contribution in [0.4, 0.5) is 5.69 Å². The molecule has 1 N–H and O–H groups in total. The lowest BCUT2D eigenvalue weighted by atomic mass is 9.93. The predicted molar refractivity (Wildman–Crippen MR) is 86.0 cm³/mol. The smallest absolute Gasteiger partial charge is 0.340 e. The number of anilines is 1. The third kappa shape index (κ3) is 3.83. The minimum Gasteiger partial charge on any atom is -0.493 e. The first-order valence-electron chi connectivity index (χ1n) is 7.41. The molecule has 23 heavy (non-hydrogen) atoms. The fourth-order valence-electron chi connectivity index (χ4n) is 2.53.